The molecule has 0 bridgehead atoms. The quantitative estimate of drug-likeness (QED) is 0.360. The van der Waals surface area contributed by atoms with Crippen LogP contribution >= 0.6 is 11.6 Å². The van der Waals surface area contributed by atoms with Crippen molar-refractivity contribution in [3.8, 4) is 0 Å². The number of fused-ring (bicyclic) bond motifs is 2. The molecule has 0 aliphatic heterocycles. The van der Waals surface area contributed by atoms with E-state index in [0.717, 1.165) is 0 Å². The highest BCUT2D eigenvalue weighted by Crippen LogP contribution is 2.36. The van der Waals surface area contributed by atoms with E-state index in [9.17, 15) is 23.5 Å². The summed E-state index contributed by atoms with van der Waals surface area (Å²) < 4.78 is 29.6. The van der Waals surface area contributed by atoms with Crippen molar-refractivity contribution in [1.82, 2.24) is 9.55 Å². The fraction of sp³-hybridized carbons (Fsp3) is 0.115. The number of Topliss-reactive ketones (excluding diaryl/α,β-unsaturated/α-hetero) is 1. The number of halogens is 3. The van der Waals surface area contributed by atoms with Gasteiger partial charge in [-0.2, -0.15) is 0 Å². The number of rotatable bonds is 4. The summed E-state index contributed by atoms with van der Waals surface area (Å²) in [5.74, 6) is -2.45. The van der Waals surface area contributed by atoms with Crippen LogP contribution in [0, 0.1) is 18.6 Å². The minimum atomic E-state index is -1.26. The number of pyridine rings is 1. The Hall–Kier alpha value is -3.84. The summed E-state index contributed by atoms with van der Waals surface area (Å²) in [4.78, 5) is 29.4. The van der Waals surface area contributed by atoms with Crippen LogP contribution in [0.15, 0.2) is 54.6 Å². The second-order valence-corrected chi connectivity index (χ2v) is 8.50. The summed E-state index contributed by atoms with van der Waals surface area (Å²) >= 11 is 6.38. The van der Waals surface area contributed by atoms with Crippen LogP contribution in [0.25, 0.3) is 27.4 Å². The van der Waals surface area contributed by atoms with Crippen LogP contribution in [0.2, 0.25) is 5.15 Å². The molecule has 170 valence electrons. The van der Waals surface area contributed by atoms with E-state index >= 15 is 0 Å². The number of carboxylic acids is 1. The van der Waals surface area contributed by atoms with Gasteiger partial charge in [0.1, 0.15) is 22.5 Å². The Bertz CT molecular complexity index is 1600. The Kier molecular flexibility index (Phi) is 5.29. The number of aromatic carboxylic acids is 1. The van der Waals surface area contributed by atoms with E-state index in [1.807, 2.05) is 0 Å². The average Bonchev–Trinajstić information content (AvgIpc) is 3.08. The summed E-state index contributed by atoms with van der Waals surface area (Å²) in [5.41, 5.74) is 1.82. The molecule has 0 saturated carbocycles. The lowest BCUT2D eigenvalue weighted by Gasteiger charge is -2.13. The van der Waals surface area contributed by atoms with Crippen molar-refractivity contribution in [2.24, 2.45) is 0 Å². The van der Waals surface area contributed by atoms with Gasteiger partial charge in [0.15, 0.2) is 5.78 Å². The molecule has 4 aromatic rings. The van der Waals surface area contributed by atoms with Crippen LogP contribution in [-0.2, 0) is 11.3 Å². The summed E-state index contributed by atoms with van der Waals surface area (Å²) in [6.07, 6.45) is 5.12. The first-order chi connectivity index (χ1) is 16.2. The Balaban J connectivity index is 1.80. The van der Waals surface area contributed by atoms with Gasteiger partial charge in [-0.05, 0) is 42.8 Å². The summed E-state index contributed by atoms with van der Waals surface area (Å²) in [7, 11) is 0. The van der Waals surface area contributed by atoms with Crippen molar-refractivity contribution in [2.75, 3.05) is 0 Å². The van der Waals surface area contributed by atoms with Crippen LogP contribution in [0.5, 0.6) is 0 Å². The molecule has 0 amide bonds. The first-order valence-electron chi connectivity index (χ1n) is 10.5. The molecule has 5 nitrogen and oxygen atoms in total. The fourth-order valence-electron chi connectivity index (χ4n) is 4.34. The zero-order valence-electron chi connectivity index (χ0n) is 17.9. The average molecular weight is 479 g/mol. The van der Waals surface area contributed by atoms with Gasteiger partial charge in [-0.25, -0.2) is 18.6 Å². The van der Waals surface area contributed by atoms with Crippen LogP contribution in [0.4, 0.5) is 8.78 Å². The van der Waals surface area contributed by atoms with E-state index in [1.54, 1.807) is 43.4 Å². The third kappa shape index (κ3) is 3.58. The van der Waals surface area contributed by atoms with E-state index in [2.05, 4.69) is 4.98 Å². The lowest BCUT2D eigenvalue weighted by molar-refractivity contribution is -0.113. The van der Waals surface area contributed by atoms with Crippen LogP contribution < -0.4 is 0 Å². The predicted molar refractivity (Wildman–Crippen MR) is 126 cm³/mol. The maximum Gasteiger partial charge on any atom is 0.353 e. The highest BCUT2D eigenvalue weighted by molar-refractivity contribution is 6.30. The minimum Gasteiger partial charge on any atom is -0.477 e. The van der Waals surface area contributed by atoms with Crippen LogP contribution in [0.1, 0.15) is 33.6 Å². The molecule has 8 heteroatoms. The summed E-state index contributed by atoms with van der Waals surface area (Å²) in [5, 5.41) is 11.3. The van der Waals surface area contributed by atoms with Gasteiger partial charge in [-0.1, -0.05) is 29.8 Å². The molecule has 0 spiro atoms. The monoisotopic (exact) mass is 478 g/mol. The van der Waals surface area contributed by atoms with Gasteiger partial charge in [-0.15, -0.1) is 0 Å². The van der Waals surface area contributed by atoms with Gasteiger partial charge < -0.3 is 9.67 Å². The smallest absolute Gasteiger partial charge is 0.353 e. The van der Waals surface area contributed by atoms with E-state index in [-0.39, 0.29) is 40.7 Å². The molecular formula is C26H17ClF2N2O3. The number of hydrogen-bond acceptors (Lipinski definition) is 3. The zero-order valence-corrected chi connectivity index (χ0v) is 18.7. The number of hydrogen-bond donors (Lipinski definition) is 1. The minimum absolute atomic E-state index is 0.0445. The zero-order chi connectivity index (χ0) is 24.1. The number of aryl methyl sites for hydroxylation is 1. The number of ketones is 1. The van der Waals surface area contributed by atoms with Gasteiger partial charge in [0, 0.05) is 40.0 Å². The maximum atomic E-state index is 14.6. The maximum absolute atomic E-state index is 14.6. The highest BCUT2D eigenvalue weighted by atomic mass is 35.5. The van der Waals surface area contributed by atoms with Crippen molar-refractivity contribution >= 4 is 50.7 Å². The standard InChI is InChI=1S/C26H17ClF2N2O3/c1-13-8-18-21(11-19(13)29)31(24(26(33)34)23(18)17-4-2-3-5-22(17)32)12-15-9-14-6-7-16(28)10-20(14)30-25(15)27/h2-4,6-11H,5,12H2,1H3,(H,33,34). The molecule has 2 aromatic carbocycles. The second kappa shape index (κ2) is 8.18. The SMILES string of the molecule is Cc1cc2c(C3=CC=CCC3=O)c(C(=O)O)n(Cc3cc4ccc(F)cc4nc3Cl)c2cc1F. The first-order valence-corrected chi connectivity index (χ1v) is 10.8. The molecule has 2 aromatic heterocycles. The van der Waals surface area contributed by atoms with Crippen molar-refractivity contribution in [3.63, 3.8) is 0 Å². The van der Waals surface area contributed by atoms with Crippen molar-refractivity contribution < 1.29 is 23.5 Å². The number of carboxylic acid groups (broad SMARTS) is 1. The molecule has 1 aliphatic carbocycles. The Morgan fingerprint density at radius 3 is 2.74 bits per heavy atom. The lowest BCUT2D eigenvalue weighted by atomic mass is 9.93. The molecule has 34 heavy (non-hydrogen) atoms. The number of carbonyl (C=O) groups is 2. The molecule has 0 radical (unpaired) electrons. The number of aromatic nitrogens is 2. The van der Waals surface area contributed by atoms with E-state index < -0.39 is 17.6 Å². The van der Waals surface area contributed by atoms with E-state index in [0.29, 0.717) is 32.9 Å². The van der Waals surface area contributed by atoms with Gasteiger partial charge in [-0.3, -0.25) is 4.79 Å². The molecule has 1 aliphatic rings. The predicted octanol–water partition coefficient (Wildman–Crippen LogP) is 6.09. The summed E-state index contributed by atoms with van der Waals surface area (Å²) in [6.45, 7) is 1.54. The van der Waals surface area contributed by atoms with E-state index in [1.165, 1.54) is 22.8 Å². The molecule has 5 rings (SSSR count). The third-order valence-electron chi connectivity index (χ3n) is 5.95. The number of carbonyl (C=O) groups excluding carboxylic acids is 1. The number of nitrogens with zero attached hydrogens (tertiary/aromatic N) is 2. The normalized spacial score (nSPS) is 13.6. The first kappa shape index (κ1) is 22.0. The molecule has 0 saturated heterocycles. The summed E-state index contributed by atoms with van der Waals surface area (Å²) in [6, 6.07) is 8.61. The topological polar surface area (TPSA) is 72.2 Å². The van der Waals surface area contributed by atoms with Crippen molar-refractivity contribution in [3.05, 3.63) is 93.8 Å². The van der Waals surface area contributed by atoms with Crippen molar-refractivity contribution in [1.29, 1.82) is 0 Å². The lowest BCUT2D eigenvalue weighted by Crippen LogP contribution is -2.14. The van der Waals surface area contributed by atoms with E-state index in [4.69, 9.17) is 11.6 Å². The fourth-order valence-corrected chi connectivity index (χ4v) is 4.55. The van der Waals surface area contributed by atoms with Crippen LogP contribution in [-0.4, -0.2) is 26.4 Å². The molecule has 0 unspecified atom stereocenters. The molecule has 0 atom stereocenters. The number of allylic oxidation sites excluding steroid dienone is 4. The van der Waals surface area contributed by atoms with Crippen molar-refractivity contribution in [2.45, 2.75) is 19.9 Å². The van der Waals surface area contributed by atoms with Crippen LogP contribution in [0.3, 0.4) is 0 Å². The van der Waals surface area contributed by atoms with Gasteiger partial charge in [0.05, 0.1) is 17.6 Å². The third-order valence-corrected chi connectivity index (χ3v) is 6.28. The van der Waals surface area contributed by atoms with Gasteiger partial charge in [0.25, 0.3) is 0 Å². The molecule has 0 fully saturated rings. The Morgan fingerprint density at radius 2 is 2.00 bits per heavy atom. The highest BCUT2D eigenvalue weighted by Gasteiger charge is 2.29. The van der Waals surface area contributed by atoms with Gasteiger partial charge in [0.2, 0.25) is 0 Å². The Labute approximate surface area is 197 Å². The molecule has 1 N–H and O–H groups in total. The van der Waals surface area contributed by atoms with Gasteiger partial charge >= 0.3 is 5.97 Å². The Morgan fingerprint density at radius 1 is 1.21 bits per heavy atom. The largest absolute Gasteiger partial charge is 0.477 e. The number of benzene rings is 2. The second-order valence-electron chi connectivity index (χ2n) is 8.14. The molecular weight excluding hydrogens is 462 g/mol. The molecule has 2 heterocycles.